The lowest BCUT2D eigenvalue weighted by molar-refractivity contribution is -0.000309. The molecular formula is C21H23ClN2OS. The van der Waals surface area contributed by atoms with E-state index in [1.807, 2.05) is 30.3 Å². The lowest BCUT2D eigenvalue weighted by Crippen LogP contribution is -2.47. The molecule has 1 atom stereocenters. The van der Waals surface area contributed by atoms with Gasteiger partial charge >= 0.3 is 0 Å². The molecular weight excluding hydrogens is 364 g/mol. The van der Waals surface area contributed by atoms with E-state index in [0.717, 1.165) is 30.7 Å². The lowest BCUT2D eigenvalue weighted by Gasteiger charge is -2.45. The normalized spacial score (nSPS) is 20.7. The summed E-state index contributed by atoms with van der Waals surface area (Å²) >= 11 is 11.5. The Morgan fingerprint density at radius 3 is 2.54 bits per heavy atom. The molecule has 0 radical (unpaired) electrons. The van der Waals surface area contributed by atoms with Crippen molar-refractivity contribution in [2.45, 2.75) is 50.2 Å². The number of halogens is 1. The predicted octanol–water partition coefficient (Wildman–Crippen LogP) is 5.85. The standard InChI is InChI=1S/C21H23ClN2OS/c22-15-8-10-16(11-9-15)23-20(26)24-18-14-21(12-4-1-5-13-21)25-19-7-3-2-6-17(18)19/h2-3,6-11,18H,1,4-5,12-14H2,(H2,23,24,26). The first-order chi connectivity index (χ1) is 12.6. The van der Waals surface area contributed by atoms with Gasteiger partial charge < -0.3 is 15.4 Å². The van der Waals surface area contributed by atoms with Crippen molar-refractivity contribution in [3.05, 3.63) is 59.1 Å². The van der Waals surface area contributed by atoms with Gasteiger partial charge in [0.15, 0.2) is 5.11 Å². The van der Waals surface area contributed by atoms with E-state index in [1.54, 1.807) is 0 Å². The fraction of sp³-hybridized carbons (Fsp3) is 0.381. The zero-order valence-electron chi connectivity index (χ0n) is 14.6. The van der Waals surface area contributed by atoms with Gasteiger partial charge in [-0.25, -0.2) is 0 Å². The first-order valence-corrected chi connectivity index (χ1v) is 10.0. The quantitative estimate of drug-likeness (QED) is 0.634. The van der Waals surface area contributed by atoms with Crippen LogP contribution in [0.5, 0.6) is 5.75 Å². The fourth-order valence-corrected chi connectivity index (χ4v) is 4.49. The zero-order chi connectivity index (χ0) is 18.0. The Morgan fingerprint density at radius 2 is 1.77 bits per heavy atom. The average Bonchev–Trinajstić information content (AvgIpc) is 2.64. The maximum atomic E-state index is 6.49. The third kappa shape index (κ3) is 3.81. The summed E-state index contributed by atoms with van der Waals surface area (Å²) in [6.07, 6.45) is 6.98. The Balaban J connectivity index is 1.52. The Labute approximate surface area is 165 Å². The van der Waals surface area contributed by atoms with Crippen LogP contribution in [0.4, 0.5) is 5.69 Å². The van der Waals surface area contributed by atoms with Crippen LogP contribution in [0.25, 0.3) is 0 Å². The molecule has 2 N–H and O–H groups in total. The van der Waals surface area contributed by atoms with Gasteiger partial charge in [-0.1, -0.05) is 36.2 Å². The van der Waals surface area contributed by atoms with Gasteiger partial charge in [-0.05, 0) is 68.2 Å². The van der Waals surface area contributed by atoms with Crippen LogP contribution in [-0.2, 0) is 0 Å². The van der Waals surface area contributed by atoms with Crippen molar-refractivity contribution in [2.24, 2.45) is 0 Å². The molecule has 1 heterocycles. The van der Waals surface area contributed by atoms with Gasteiger partial charge in [0.1, 0.15) is 11.4 Å². The van der Waals surface area contributed by atoms with Crippen LogP contribution in [-0.4, -0.2) is 10.7 Å². The van der Waals surface area contributed by atoms with E-state index in [0.29, 0.717) is 10.1 Å². The van der Waals surface area contributed by atoms with Crippen molar-refractivity contribution in [1.82, 2.24) is 5.32 Å². The molecule has 1 saturated carbocycles. The smallest absolute Gasteiger partial charge is 0.171 e. The second kappa shape index (κ2) is 7.45. The Hall–Kier alpha value is -1.78. The van der Waals surface area contributed by atoms with Crippen LogP contribution in [0.2, 0.25) is 5.02 Å². The Kier molecular flexibility index (Phi) is 5.05. The van der Waals surface area contributed by atoms with Gasteiger partial charge in [-0.15, -0.1) is 0 Å². The number of hydrogen-bond acceptors (Lipinski definition) is 2. The molecule has 0 aromatic heterocycles. The van der Waals surface area contributed by atoms with Crippen molar-refractivity contribution in [3.63, 3.8) is 0 Å². The van der Waals surface area contributed by atoms with E-state index in [9.17, 15) is 0 Å². The average molecular weight is 387 g/mol. The van der Waals surface area contributed by atoms with Crippen LogP contribution < -0.4 is 15.4 Å². The molecule has 2 aromatic rings. The molecule has 136 valence electrons. The van der Waals surface area contributed by atoms with Gasteiger partial charge in [0.25, 0.3) is 0 Å². The molecule has 5 heteroatoms. The second-order valence-corrected chi connectivity index (χ2v) is 8.09. The predicted molar refractivity (Wildman–Crippen MR) is 111 cm³/mol. The molecule has 1 unspecified atom stereocenters. The Bertz CT molecular complexity index is 787. The highest BCUT2D eigenvalue weighted by Crippen LogP contribution is 2.46. The Morgan fingerprint density at radius 1 is 1.04 bits per heavy atom. The molecule has 2 aromatic carbocycles. The van der Waals surface area contributed by atoms with Gasteiger partial charge in [0.05, 0.1) is 6.04 Å². The largest absolute Gasteiger partial charge is 0.487 e. The summed E-state index contributed by atoms with van der Waals surface area (Å²) in [4.78, 5) is 0. The number of nitrogens with one attached hydrogen (secondary N) is 2. The van der Waals surface area contributed by atoms with Gasteiger partial charge in [0.2, 0.25) is 0 Å². The minimum atomic E-state index is -0.0554. The van der Waals surface area contributed by atoms with Crippen LogP contribution in [0.1, 0.15) is 50.1 Å². The summed E-state index contributed by atoms with van der Waals surface area (Å²) in [7, 11) is 0. The molecule has 0 saturated heterocycles. The number of ether oxygens (including phenoxy) is 1. The molecule has 26 heavy (non-hydrogen) atoms. The fourth-order valence-electron chi connectivity index (χ4n) is 4.11. The number of fused-ring (bicyclic) bond motifs is 1. The third-order valence-electron chi connectivity index (χ3n) is 5.37. The van der Waals surface area contributed by atoms with Crippen molar-refractivity contribution < 1.29 is 4.74 Å². The van der Waals surface area contributed by atoms with Crippen LogP contribution in [0.3, 0.4) is 0 Å². The maximum absolute atomic E-state index is 6.49. The number of benzene rings is 2. The number of thiocarbonyl (C=S) groups is 1. The summed E-state index contributed by atoms with van der Waals surface area (Å²) < 4.78 is 6.49. The van der Waals surface area contributed by atoms with E-state index in [4.69, 9.17) is 28.6 Å². The maximum Gasteiger partial charge on any atom is 0.171 e. The molecule has 0 amide bonds. The number of rotatable bonds is 2. The third-order valence-corrected chi connectivity index (χ3v) is 5.84. The topological polar surface area (TPSA) is 33.3 Å². The minimum absolute atomic E-state index is 0.0554. The van der Waals surface area contributed by atoms with Crippen molar-refractivity contribution in [2.75, 3.05) is 5.32 Å². The summed E-state index contributed by atoms with van der Waals surface area (Å²) in [5.74, 6) is 0.993. The van der Waals surface area contributed by atoms with E-state index in [1.165, 1.54) is 24.8 Å². The minimum Gasteiger partial charge on any atom is -0.487 e. The second-order valence-electron chi connectivity index (χ2n) is 7.25. The number of anilines is 1. The monoisotopic (exact) mass is 386 g/mol. The number of hydrogen-bond donors (Lipinski definition) is 2. The highest BCUT2D eigenvalue weighted by Gasteiger charge is 2.41. The van der Waals surface area contributed by atoms with Crippen LogP contribution in [0.15, 0.2) is 48.5 Å². The molecule has 1 spiro atoms. The first-order valence-electron chi connectivity index (χ1n) is 9.25. The van der Waals surface area contributed by atoms with E-state index in [-0.39, 0.29) is 11.6 Å². The lowest BCUT2D eigenvalue weighted by atomic mass is 9.77. The molecule has 3 nitrogen and oxygen atoms in total. The van der Waals surface area contributed by atoms with Gasteiger partial charge in [0, 0.05) is 22.7 Å². The SMILES string of the molecule is S=C(Nc1ccc(Cl)cc1)NC1CC2(CCCCC2)Oc2ccccc21. The summed E-state index contributed by atoms with van der Waals surface area (Å²) in [6.45, 7) is 0. The van der Waals surface area contributed by atoms with Gasteiger partial charge in [-0.2, -0.15) is 0 Å². The summed E-state index contributed by atoms with van der Waals surface area (Å²) in [5, 5.41) is 8.12. The zero-order valence-corrected chi connectivity index (χ0v) is 16.2. The number of para-hydroxylation sites is 1. The van der Waals surface area contributed by atoms with Crippen molar-refractivity contribution in [1.29, 1.82) is 0 Å². The van der Waals surface area contributed by atoms with Crippen molar-refractivity contribution >= 4 is 34.6 Å². The van der Waals surface area contributed by atoms with E-state index < -0.39 is 0 Å². The van der Waals surface area contributed by atoms with Crippen LogP contribution >= 0.6 is 23.8 Å². The highest BCUT2D eigenvalue weighted by atomic mass is 35.5. The van der Waals surface area contributed by atoms with Crippen molar-refractivity contribution in [3.8, 4) is 5.75 Å². The molecule has 1 aliphatic heterocycles. The first kappa shape index (κ1) is 17.6. The highest BCUT2D eigenvalue weighted by molar-refractivity contribution is 7.80. The summed E-state index contributed by atoms with van der Waals surface area (Å²) in [6, 6.07) is 16.0. The van der Waals surface area contributed by atoms with Gasteiger partial charge in [-0.3, -0.25) is 0 Å². The van der Waals surface area contributed by atoms with E-state index >= 15 is 0 Å². The molecule has 1 fully saturated rings. The summed E-state index contributed by atoms with van der Waals surface area (Å²) in [5.41, 5.74) is 2.06. The molecule has 1 aliphatic carbocycles. The molecule has 2 aliphatic rings. The molecule has 0 bridgehead atoms. The molecule has 4 rings (SSSR count). The van der Waals surface area contributed by atoms with Crippen LogP contribution in [0, 0.1) is 0 Å². The van der Waals surface area contributed by atoms with E-state index in [2.05, 4.69) is 28.8 Å².